The molecule has 2 heterocycles. The molecule has 2 aromatic rings. The van der Waals surface area contributed by atoms with Crippen LogP contribution in [0, 0.1) is 11.6 Å². The minimum atomic E-state index is -0.583. The number of nitrogens with zero attached hydrogens (tertiary/aromatic N) is 2. The predicted octanol–water partition coefficient (Wildman–Crippen LogP) is 2.73. The Hall–Kier alpha value is -3.00. The van der Waals surface area contributed by atoms with Crippen LogP contribution in [0.4, 0.5) is 8.78 Å². The third-order valence-electron chi connectivity index (χ3n) is 5.98. The average Bonchev–Trinajstić information content (AvgIpc) is 2.77. The summed E-state index contributed by atoms with van der Waals surface area (Å²) in [6.45, 7) is 2.56. The van der Waals surface area contributed by atoms with E-state index in [0.29, 0.717) is 51.3 Å². The fourth-order valence-corrected chi connectivity index (χ4v) is 4.29. The summed E-state index contributed by atoms with van der Waals surface area (Å²) in [5, 5.41) is 2.83. The smallest absolute Gasteiger partial charge is 0.237 e. The number of halogens is 2. The number of hydrogen-bond donors (Lipinski definition) is 1. The lowest BCUT2D eigenvalue weighted by Crippen LogP contribution is -2.56. The van der Waals surface area contributed by atoms with Gasteiger partial charge in [-0.25, -0.2) is 8.78 Å². The Kier molecular flexibility index (Phi) is 6.99. The van der Waals surface area contributed by atoms with Crippen molar-refractivity contribution in [2.24, 2.45) is 0 Å². The van der Waals surface area contributed by atoms with Gasteiger partial charge in [0.25, 0.3) is 0 Å². The summed E-state index contributed by atoms with van der Waals surface area (Å²) in [7, 11) is 0. The minimum absolute atomic E-state index is 0.0799. The molecule has 8 heteroatoms. The molecule has 0 aliphatic carbocycles. The standard InChI is InChI=1S/C24H27F2N3O3/c25-18-4-1-3-17(13-18)16-29-12-9-27-24(31)22(29)15-23(30)28-10-7-20(8-11-28)32-21-6-2-5-19(26)14-21/h1-6,13-14,20,22H,7-12,15-16H2,(H,27,31)/t22-/m0/s1. The van der Waals surface area contributed by atoms with Crippen LogP contribution in [0.25, 0.3) is 0 Å². The fourth-order valence-electron chi connectivity index (χ4n) is 4.29. The predicted molar refractivity (Wildman–Crippen MR) is 115 cm³/mol. The number of ether oxygens (including phenoxy) is 1. The number of piperazine rings is 1. The largest absolute Gasteiger partial charge is 0.490 e. The van der Waals surface area contributed by atoms with Gasteiger partial charge in [0.2, 0.25) is 11.8 Å². The van der Waals surface area contributed by atoms with Crippen LogP contribution in [0.2, 0.25) is 0 Å². The molecule has 0 spiro atoms. The number of hydrogen-bond acceptors (Lipinski definition) is 4. The molecule has 6 nitrogen and oxygen atoms in total. The molecule has 2 aliphatic rings. The maximum atomic E-state index is 13.5. The Bertz CT molecular complexity index is 963. The number of rotatable bonds is 6. The number of carbonyl (C=O) groups excluding carboxylic acids is 2. The third kappa shape index (κ3) is 5.62. The van der Waals surface area contributed by atoms with E-state index >= 15 is 0 Å². The molecule has 2 amide bonds. The summed E-state index contributed by atoms with van der Waals surface area (Å²) >= 11 is 0. The highest BCUT2D eigenvalue weighted by Crippen LogP contribution is 2.22. The zero-order valence-electron chi connectivity index (χ0n) is 17.8. The van der Waals surface area contributed by atoms with Crippen LogP contribution in [0.15, 0.2) is 48.5 Å². The van der Waals surface area contributed by atoms with Crippen LogP contribution in [0.5, 0.6) is 5.75 Å². The number of likely N-dealkylation sites (tertiary alicyclic amines) is 1. The molecule has 0 unspecified atom stereocenters. The Morgan fingerprint density at radius 3 is 2.47 bits per heavy atom. The van der Waals surface area contributed by atoms with Crippen molar-refractivity contribution in [3.05, 3.63) is 65.7 Å². The molecule has 0 radical (unpaired) electrons. The molecule has 2 aliphatic heterocycles. The quantitative estimate of drug-likeness (QED) is 0.746. The fraction of sp³-hybridized carbons (Fsp3) is 0.417. The molecule has 2 saturated heterocycles. The first-order valence-corrected chi connectivity index (χ1v) is 10.9. The van der Waals surface area contributed by atoms with Crippen LogP contribution in [-0.2, 0) is 16.1 Å². The Balaban J connectivity index is 1.32. The van der Waals surface area contributed by atoms with Crippen molar-refractivity contribution >= 4 is 11.8 Å². The molecule has 0 bridgehead atoms. The second kappa shape index (κ2) is 10.1. The Labute approximate surface area is 186 Å². The lowest BCUT2D eigenvalue weighted by Gasteiger charge is -2.37. The summed E-state index contributed by atoms with van der Waals surface area (Å²) in [6.07, 6.45) is 1.29. The van der Waals surface area contributed by atoms with Crippen molar-refractivity contribution < 1.29 is 23.1 Å². The van der Waals surface area contributed by atoms with Gasteiger partial charge in [0.15, 0.2) is 0 Å². The first kappa shape index (κ1) is 22.2. The molecule has 2 aromatic carbocycles. The zero-order chi connectivity index (χ0) is 22.5. The molecule has 4 rings (SSSR count). The summed E-state index contributed by atoms with van der Waals surface area (Å²) in [5.74, 6) is -0.434. The third-order valence-corrected chi connectivity index (χ3v) is 5.98. The topological polar surface area (TPSA) is 61.9 Å². The van der Waals surface area contributed by atoms with Gasteiger partial charge in [-0.05, 0) is 29.8 Å². The van der Waals surface area contributed by atoms with Crippen LogP contribution < -0.4 is 10.1 Å². The summed E-state index contributed by atoms with van der Waals surface area (Å²) in [4.78, 5) is 29.2. The molecule has 32 heavy (non-hydrogen) atoms. The van der Waals surface area contributed by atoms with Gasteiger partial charge in [0.1, 0.15) is 23.5 Å². The molecule has 1 atom stereocenters. The first-order valence-electron chi connectivity index (χ1n) is 10.9. The number of nitrogens with one attached hydrogen (secondary N) is 1. The van der Waals surface area contributed by atoms with E-state index in [1.807, 2.05) is 11.0 Å². The van der Waals surface area contributed by atoms with E-state index in [-0.39, 0.29) is 36.0 Å². The van der Waals surface area contributed by atoms with E-state index in [1.54, 1.807) is 23.1 Å². The van der Waals surface area contributed by atoms with E-state index in [4.69, 9.17) is 4.74 Å². The van der Waals surface area contributed by atoms with Gasteiger partial charge in [0, 0.05) is 51.6 Å². The molecule has 1 N–H and O–H groups in total. The van der Waals surface area contributed by atoms with Gasteiger partial charge in [-0.15, -0.1) is 0 Å². The van der Waals surface area contributed by atoms with Gasteiger partial charge in [-0.1, -0.05) is 18.2 Å². The minimum Gasteiger partial charge on any atom is -0.490 e. The summed E-state index contributed by atoms with van der Waals surface area (Å²) < 4.78 is 32.7. The maximum absolute atomic E-state index is 13.5. The second-order valence-corrected chi connectivity index (χ2v) is 8.27. The Morgan fingerprint density at radius 2 is 1.75 bits per heavy atom. The highest BCUT2D eigenvalue weighted by atomic mass is 19.1. The number of carbonyl (C=O) groups is 2. The number of amides is 2. The SMILES string of the molecule is O=C1NCCN(Cc2cccc(F)c2)[C@H]1CC(=O)N1CCC(Oc2cccc(F)c2)CC1. The van der Waals surface area contributed by atoms with Crippen molar-refractivity contribution in [1.29, 1.82) is 0 Å². The van der Waals surface area contributed by atoms with Gasteiger partial charge in [-0.2, -0.15) is 0 Å². The monoisotopic (exact) mass is 443 g/mol. The lowest BCUT2D eigenvalue weighted by molar-refractivity contribution is -0.140. The first-order chi connectivity index (χ1) is 15.5. The molecular weight excluding hydrogens is 416 g/mol. The summed E-state index contributed by atoms with van der Waals surface area (Å²) in [5.41, 5.74) is 0.771. The van der Waals surface area contributed by atoms with Gasteiger partial charge < -0.3 is 15.0 Å². The average molecular weight is 443 g/mol. The van der Waals surface area contributed by atoms with Crippen LogP contribution in [-0.4, -0.2) is 59.9 Å². The zero-order valence-corrected chi connectivity index (χ0v) is 17.8. The van der Waals surface area contributed by atoms with Gasteiger partial charge in [-0.3, -0.25) is 14.5 Å². The van der Waals surface area contributed by atoms with Crippen LogP contribution >= 0.6 is 0 Å². The molecular formula is C24H27F2N3O3. The van der Waals surface area contributed by atoms with Crippen molar-refractivity contribution in [1.82, 2.24) is 15.1 Å². The lowest BCUT2D eigenvalue weighted by atomic mass is 10.0. The molecule has 0 saturated carbocycles. The van der Waals surface area contributed by atoms with Gasteiger partial charge in [0.05, 0.1) is 12.5 Å². The second-order valence-electron chi connectivity index (χ2n) is 8.27. The van der Waals surface area contributed by atoms with E-state index < -0.39 is 6.04 Å². The highest BCUT2D eigenvalue weighted by molar-refractivity contribution is 5.88. The summed E-state index contributed by atoms with van der Waals surface area (Å²) in [6, 6.07) is 11.8. The Morgan fingerprint density at radius 1 is 1.03 bits per heavy atom. The van der Waals surface area contributed by atoms with Crippen LogP contribution in [0.3, 0.4) is 0 Å². The van der Waals surface area contributed by atoms with Gasteiger partial charge >= 0.3 is 0 Å². The highest BCUT2D eigenvalue weighted by Gasteiger charge is 2.34. The molecule has 2 fully saturated rings. The van der Waals surface area contributed by atoms with E-state index in [9.17, 15) is 18.4 Å². The van der Waals surface area contributed by atoms with Crippen molar-refractivity contribution in [3.63, 3.8) is 0 Å². The van der Waals surface area contributed by atoms with E-state index in [0.717, 1.165) is 5.56 Å². The normalized spacial score (nSPS) is 20.1. The molecule has 0 aromatic heterocycles. The van der Waals surface area contributed by atoms with Crippen molar-refractivity contribution in [3.8, 4) is 5.75 Å². The number of piperidine rings is 1. The maximum Gasteiger partial charge on any atom is 0.237 e. The molecule has 170 valence electrons. The van der Waals surface area contributed by atoms with Crippen molar-refractivity contribution in [2.45, 2.75) is 38.0 Å². The number of benzene rings is 2. The van der Waals surface area contributed by atoms with Crippen molar-refractivity contribution in [2.75, 3.05) is 26.2 Å². The van der Waals surface area contributed by atoms with E-state index in [2.05, 4.69) is 5.32 Å². The van der Waals surface area contributed by atoms with Crippen LogP contribution in [0.1, 0.15) is 24.8 Å². The van der Waals surface area contributed by atoms with E-state index in [1.165, 1.54) is 24.3 Å².